The first-order valence-corrected chi connectivity index (χ1v) is 28.4. The maximum Gasteiger partial charge on any atom is 0.0618 e. The van der Waals surface area contributed by atoms with E-state index in [1.165, 1.54) is 148 Å². The minimum absolute atomic E-state index is 1.12. The molecule has 0 spiro atoms. The third-order valence-corrected chi connectivity index (χ3v) is 17.2. The maximum atomic E-state index is 2.48. The predicted octanol–water partition coefficient (Wildman–Crippen LogP) is 22.7. The fraction of sp³-hybridized carbons (Fsp3) is 0.0886. The molecular formula is C79H62N2. The quantitative estimate of drug-likeness (QED) is 0.133. The van der Waals surface area contributed by atoms with Gasteiger partial charge in [-0.15, -0.1) is 0 Å². The topological polar surface area (TPSA) is 6.48 Å². The van der Waals surface area contributed by atoms with Crippen molar-refractivity contribution in [2.24, 2.45) is 0 Å². The van der Waals surface area contributed by atoms with Crippen LogP contribution in [0.1, 0.15) is 38.9 Å². The molecule has 0 aliphatic carbocycles. The highest BCUT2D eigenvalue weighted by atomic mass is 15.2. The van der Waals surface area contributed by atoms with Gasteiger partial charge >= 0.3 is 0 Å². The largest absolute Gasteiger partial charge is 0.309 e. The van der Waals surface area contributed by atoms with Crippen LogP contribution in [0.3, 0.4) is 0 Å². The van der Waals surface area contributed by atoms with Crippen molar-refractivity contribution in [2.75, 3.05) is 9.80 Å². The van der Waals surface area contributed by atoms with Crippen LogP contribution in [0.15, 0.2) is 249 Å². The Balaban J connectivity index is 1.16. The number of anilines is 6. The third kappa shape index (κ3) is 8.16. The van der Waals surface area contributed by atoms with E-state index in [1.807, 2.05) is 0 Å². The Labute approximate surface area is 475 Å². The normalized spacial score (nSPS) is 11.6. The van der Waals surface area contributed by atoms with Crippen molar-refractivity contribution < 1.29 is 0 Å². The van der Waals surface area contributed by atoms with Crippen LogP contribution in [-0.2, 0) is 0 Å². The van der Waals surface area contributed by atoms with Crippen LogP contribution in [0.2, 0.25) is 0 Å². The molecule has 0 aliphatic rings. The Kier molecular flexibility index (Phi) is 12.1. The fourth-order valence-corrected chi connectivity index (χ4v) is 13.4. The lowest BCUT2D eigenvalue weighted by molar-refractivity contribution is 1.29. The summed E-state index contributed by atoms with van der Waals surface area (Å²) in [7, 11) is 0. The number of benzene rings is 14. The molecule has 0 aromatic heterocycles. The highest BCUT2D eigenvalue weighted by Gasteiger charge is 2.30. The zero-order chi connectivity index (χ0) is 55.0. The number of fused-ring (bicyclic) bond motifs is 6. The van der Waals surface area contributed by atoms with Gasteiger partial charge in [-0.3, -0.25) is 0 Å². The summed E-state index contributed by atoms with van der Waals surface area (Å²) in [4.78, 5) is 4.97. The molecule has 0 atom stereocenters. The number of hydrogen-bond donors (Lipinski definition) is 0. The molecule has 14 aromatic rings. The minimum atomic E-state index is 1.12. The van der Waals surface area contributed by atoms with Gasteiger partial charge in [-0.05, 0) is 196 Å². The van der Waals surface area contributed by atoms with Crippen molar-refractivity contribution in [1.82, 2.24) is 0 Å². The van der Waals surface area contributed by atoms with E-state index in [9.17, 15) is 0 Å². The average molecular weight is 1040 g/mol. The van der Waals surface area contributed by atoms with Gasteiger partial charge < -0.3 is 9.80 Å². The first-order chi connectivity index (χ1) is 39.6. The van der Waals surface area contributed by atoms with Crippen LogP contribution in [0.25, 0.3) is 98.0 Å². The van der Waals surface area contributed by atoms with Crippen molar-refractivity contribution >= 4 is 98.8 Å². The molecule has 14 rings (SSSR count). The van der Waals surface area contributed by atoms with E-state index in [0.29, 0.717) is 0 Å². The molecule has 2 nitrogen and oxygen atoms in total. The van der Waals surface area contributed by atoms with Gasteiger partial charge in [0.05, 0.1) is 11.4 Å². The molecule has 0 fully saturated rings. The van der Waals surface area contributed by atoms with Crippen LogP contribution in [-0.4, -0.2) is 0 Å². The third-order valence-electron chi connectivity index (χ3n) is 17.2. The van der Waals surface area contributed by atoms with Gasteiger partial charge in [0.1, 0.15) is 0 Å². The van der Waals surface area contributed by atoms with Crippen molar-refractivity contribution in [3.05, 3.63) is 288 Å². The second-order valence-corrected chi connectivity index (χ2v) is 22.3. The predicted molar refractivity (Wildman–Crippen MR) is 350 cm³/mol. The smallest absolute Gasteiger partial charge is 0.0618 e. The zero-order valence-electron chi connectivity index (χ0n) is 47.1. The summed E-state index contributed by atoms with van der Waals surface area (Å²) >= 11 is 0. The maximum absolute atomic E-state index is 2.48. The summed E-state index contributed by atoms with van der Waals surface area (Å²) in [6.45, 7) is 15.9. The van der Waals surface area contributed by atoms with Gasteiger partial charge in [-0.2, -0.15) is 0 Å². The van der Waals surface area contributed by atoms with Gasteiger partial charge in [0.25, 0.3) is 0 Å². The molecule has 0 N–H and O–H groups in total. The highest BCUT2D eigenvalue weighted by molar-refractivity contribution is 6.27. The zero-order valence-corrected chi connectivity index (χ0v) is 47.1. The van der Waals surface area contributed by atoms with Crippen molar-refractivity contribution in [1.29, 1.82) is 0 Å². The molecule has 0 saturated heterocycles. The van der Waals surface area contributed by atoms with Crippen LogP contribution < -0.4 is 9.80 Å². The Morgan fingerprint density at radius 3 is 0.667 bits per heavy atom. The summed E-state index contributed by atoms with van der Waals surface area (Å²) in [5, 5.41) is 14.6. The standard InChI is InChI=1S/C79H62N2/c1-49-32-40-58(41-33-49)80(59-42-34-50(2)35-43-59)78-68-28-16-12-24-64(68)76(65-25-13-17-29-69(65)78)73-53(5)72(75-62-22-10-8-20-56(62)48-57-21-9-11-23-63(57)75)54(6)74(55(73)7)77-66-26-14-18-30-70(66)79(71-31-19-15-27-67(71)77)81(60-44-36-51(3)37-45-60)61-46-38-52(4)39-47-61/h8-48H,1-7H3. The second kappa shape index (κ2) is 19.9. The Morgan fingerprint density at radius 2 is 0.407 bits per heavy atom. The summed E-state index contributed by atoms with van der Waals surface area (Å²) in [6, 6.07) is 93.2. The molecule has 0 bridgehead atoms. The molecule has 2 heteroatoms. The van der Waals surface area contributed by atoms with E-state index in [1.54, 1.807) is 0 Å². The van der Waals surface area contributed by atoms with E-state index < -0.39 is 0 Å². The van der Waals surface area contributed by atoms with Gasteiger partial charge in [-0.1, -0.05) is 216 Å². The monoisotopic (exact) mass is 1040 g/mol. The van der Waals surface area contributed by atoms with Crippen LogP contribution in [0.5, 0.6) is 0 Å². The number of rotatable bonds is 9. The van der Waals surface area contributed by atoms with Crippen molar-refractivity contribution in [3.63, 3.8) is 0 Å². The Hall–Kier alpha value is -9.76. The molecule has 0 amide bonds. The minimum Gasteiger partial charge on any atom is -0.309 e. The van der Waals surface area contributed by atoms with Gasteiger partial charge in [0, 0.05) is 44.3 Å². The molecule has 0 aliphatic heterocycles. The van der Waals surface area contributed by atoms with Gasteiger partial charge in [-0.25, -0.2) is 0 Å². The number of nitrogens with zero attached hydrogens (tertiary/aromatic N) is 2. The molecule has 0 radical (unpaired) electrons. The Morgan fingerprint density at radius 1 is 0.198 bits per heavy atom. The van der Waals surface area contributed by atoms with E-state index in [0.717, 1.165) is 22.7 Å². The summed E-state index contributed by atoms with van der Waals surface area (Å²) in [5.74, 6) is 0. The summed E-state index contributed by atoms with van der Waals surface area (Å²) in [6.07, 6.45) is 0. The Bertz CT molecular complexity index is 4290. The molecule has 0 unspecified atom stereocenters. The van der Waals surface area contributed by atoms with Crippen LogP contribution >= 0.6 is 0 Å². The lowest BCUT2D eigenvalue weighted by Gasteiger charge is -2.32. The van der Waals surface area contributed by atoms with E-state index in [-0.39, 0.29) is 0 Å². The number of hydrogen-bond acceptors (Lipinski definition) is 2. The first-order valence-electron chi connectivity index (χ1n) is 28.4. The van der Waals surface area contributed by atoms with E-state index in [4.69, 9.17) is 0 Å². The molecular weight excluding hydrogens is 977 g/mol. The van der Waals surface area contributed by atoms with Gasteiger partial charge in [0.2, 0.25) is 0 Å². The first kappa shape index (κ1) is 49.5. The average Bonchev–Trinajstić information content (AvgIpc) is 3.69. The second-order valence-electron chi connectivity index (χ2n) is 22.3. The lowest BCUT2D eigenvalue weighted by Crippen LogP contribution is -2.12. The molecule has 388 valence electrons. The van der Waals surface area contributed by atoms with E-state index in [2.05, 4.69) is 307 Å². The summed E-state index contributed by atoms with van der Waals surface area (Å²) in [5.41, 5.74) is 23.1. The van der Waals surface area contributed by atoms with Crippen molar-refractivity contribution in [3.8, 4) is 33.4 Å². The van der Waals surface area contributed by atoms with Crippen LogP contribution in [0, 0.1) is 48.5 Å². The summed E-state index contributed by atoms with van der Waals surface area (Å²) < 4.78 is 0. The molecule has 0 saturated carbocycles. The lowest BCUT2D eigenvalue weighted by atomic mass is 9.75. The molecule has 81 heavy (non-hydrogen) atoms. The number of aryl methyl sites for hydroxylation is 4. The van der Waals surface area contributed by atoms with Crippen molar-refractivity contribution in [2.45, 2.75) is 48.5 Å². The molecule has 0 heterocycles. The SMILES string of the molecule is Cc1ccc(N(c2ccc(C)cc2)c2c3ccccc3c(-c3c(C)c(-c4c5ccccc5cc5ccccc45)c(C)c(-c4c5ccccc5c(N(c5ccc(C)cc5)c5ccc(C)cc5)c5ccccc45)c3C)c3ccccc23)cc1. The molecule has 14 aromatic carbocycles. The van der Waals surface area contributed by atoms with E-state index >= 15 is 0 Å². The highest BCUT2D eigenvalue weighted by Crippen LogP contribution is 2.56. The van der Waals surface area contributed by atoms with Gasteiger partial charge in [0.15, 0.2) is 0 Å². The van der Waals surface area contributed by atoms with Crippen LogP contribution in [0.4, 0.5) is 34.1 Å². The fourth-order valence-electron chi connectivity index (χ4n) is 13.4.